The number of nitrogens with two attached hydrogens (primary N) is 1. The minimum Gasteiger partial charge on any atom is -0.399 e. The van der Waals surface area contributed by atoms with Gasteiger partial charge in [-0.3, -0.25) is 4.79 Å². The number of nitrogen functional groups attached to an aromatic ring is 1. The van der Waals surface area contributed by atoms with Gasteiger partial charge in [0, 0.05) is 37.5 Å². The second-order valence-electron chi connectivity index (χ2n) is 4.73. The van der Waals surface area contributed by atoms with Crippen LogP contribution in [0.3, 0.4) is 0 Å². The number of amides is 1. The summed E-state index contributed by atoms with van der Waals surface area (Å²) in [5.41, 5.74) is 7.53. The van der Waals surface area contributed by atoms with Gasteiger partial charge in [-0.25, -0.2) is 4.98 Å². The van der Waals surface area contributed by atoms with E-state index in [9.17, 15) is 4.79 Å². The lowest BCUT2D eigenvalue weighted by Crippen LogP contribution is -2.25. The van der Waals surface area contributed by atoms with Crippen molar-refractivity contribution in [1.29, 1.82) is 0 Å². The highest BCUT2D eigenvalue weighted by Gasteiger charge is 2.02. The fourth-order valence-corrected chi connectivity index (χ4v) is 2.01. The Morgan fingerprint density at radius 2 is 2.25 bits per heavy atom. The summed E-state index contributed by atoms with van der Waals surface area (Å²) in [5, 5.41) is 2.92. The Morgan fingerprint density at radius 1 is 1.35 bits per heavy atom. The van der Waals surface area contributed by atoms with E-state index in [1.807, 2.05) is 24.3 Å². The van der Waals surface area contributed by atoms with Crippen LogP contribution in [0.5, 0.6) is 0 Å². The Bertz CT molecular complexity index is 537. The van der Waals surface area contributed by atoms with Gasteiger partial charge in [0.1, 0.15) is 5.82 Å². The van der Waals surface area contributed by atoms with Crippen LogP contribution in [0.2, 0.25) is 0 Å². The van der Waals surface area contributed by atoms with Crippen LogP contribution < -0.4 is 11.1 Å². The predicted molar refractivity (Wildman–Crippen MR) is 79.1 cm³/mol. The van der Waals surface area contributed by atoms with Crippen molar-refractivity contribution in [3.05, 3.63) is 48.0 Å². The monoisotopic (exact) mass is 272 g/mol. The second-order valence-corrected chi connectivity index (χ2v) is 4.73. The van der Waals surface area contributed by atoms with Crippen molar-refractivity contribution in [1.82, 2.24) is 15.3 Å². The second kappa shape index (κ2) is 7.33. The first-order chi connectivity index (χ1) is 9.74. The van der Waals surface area contributed by atoms with Gasteiger partial charge in [0.15, 0.2) is 0 Å². The summed E-state index contributed by atoms with van der Waals surface area (Å²) < 4.78 is 0. The molecule has 1 heterocycles. The van der Waals surface area contributed by atoms with Crippen molar-refractivity contribution >= 4 is 11.6 Å². The smallest absolute Gasteiger partial charge is 0.220 e. The Kier molecular flexibility index (Phi) is 5.17. The summed E-state index contributed by atoms with van der Waals surface area (Å²) in [7, 11) is 0. The van der Waals surface area contributed by atoms with Crippen LogP contribution in [0.15, 0.2) is 36.7 Å². The van der Waals surface area contributed by atoms with E-state index >= 15 is 0 Å². The molecule has 0 atom stereocenters. The van der Waals surface area contributed by atoms with Gasteiger partial charge in [0.05, 0.1) is 0 Å². The summed E-state index contributed by atoms with van der Waals surface area (Å²) in [6.07, 6.45) is 6.48. The van der Waals surface area contributed by atoms with E-state index in [1.54, 1.807) is 12.4 Å². The van der Waals surface area contributed by atoms with E-state index in [0.29, 0.717) is 13.0 Å². The van der Waals surface area contributed by atoms with Crippen LogP contribution in [-0.4, -0.2) is 22.4 Å². The van der Waals surface area contributed by atoms with Crippen LogP contribution in [0.1, 0.15) is 24.2 Å². The average molecular weight is 272 g/mol. The number of aromatic amines is 1. The van der Waals surface area contributed by atoms with Gasteiger partial charge in [-0.05, 0) is 30.5 Å². The summed E-state index contributed by atoms with van der Waals surface area (Å²) >= 11 is 0. The third-order valence-corrected chi connectivity index (χ3v) is 3.06. The van der Waals surface area contributed by atoms with Gasteiger partial charge in [-0.2, -0.15) is 0 Å². The van der Waals surface area contributed by atoms with Crippen LogP contribution in [0.4, 0.5) is 5.69 Å². The number of carbonyl (C=O) groups is 1. The van der Waals surface area contributed by atoms with Crippen LogP contribution >= 0.6 is 0 Å². The number of benzene rings is 1. The van der Waals surface area contributed by atoms with Crippen LogP contribution in [0.25, 0.3) is 0 Å². The Labute approximate surface area is 118 Å². The maximum absolute atomic E-state index is 11.7. The number of hydrogen-bond donors (Lipinski definition) is 3. The van der Waals surface area contributed by atoms with Crippen molar-refractivity contribution in [3.63, 3.8) is 0 Å². The molecule has 0 aliphatic carbocycles. The minimum atomic E-state index is 0.0758. The van der Waals surface area contributed by atoms with Crippen molar-refractivity contribution in [2.24, 2.45) is 0 Å². The molecule has 4 N–H and O–H groups in total. The zero-order chi connectivity index (χ0) is 14.2. The van der Waals surface area contributed by atoms with Gasteiger partial charge in [-0.15, -0.1) is 0 Å². The number of aromatic nitrogens is 2. The first-order valence-electron chi connectivity index (χ1n) is 6.83. The van der Waals surface area contributed by atoms with E-state index in [4.69, 9.17) is 5.73 Å². The van der Waals surface area contributed by atoms with Gasteiger partial charge >= 0.3 is 0 Å². The van der Waals surface area contributed by atoms with Gasteiger partial charge < -0.3 is 16.0 Å². The first-order valence-corrected chi connectivity index (χ1v) is 6.83. The zero-order valence-electron chi connectivity index (χ0n) is 11.4. The van der Waals surface area contributed by atoms with Crippen molar-refractivity contribution in [3.8, 4) is 0 Å². The molecule has 5 nitrogen and oxygen atoms in total. The number of imidazole rings is 1. The molecule has 1 aromatic carbocycles. The maximum Gasteiger partial charge on any atom is 0.220 e. The predicted octanol–water partition coefficient (Wildman–Crippen LogP) is 1.67. The molecular formula is C15H20N4O. The lowest BCUT2D eigenvalue weighted by atomic mass is 10.1. The molecule has 0 unspecified atom stereocenters. The molecule has 2 aromatic rings. The molecule has 0 fully saturated rings. The number of rotatable bonds is 7. The normalized spacial score (nSPS) is 10.4. The molecule has 1 amide bonds. The molecule has 0 spiro atoms. The minimum absolute atomic E-state index is 0.0758. The number of hydrogen-bond acceptors (Lipinski definition) is 3. The molecule has 0 radical (unpaired) electrons. The van der Waals surface area contributed by atoms with Crippen LogP contribution in [-0.2, 0) is 17.6 Å². The summed E-state index contributed by atoms with van der Waals surface area (Å²) in [6, 6.07) is 7.65. The Morgan fingerprint density at radius 3 is 3.00 bits per heavy atom. The molecule has 2 rings (SSSR count). The highest BCUT2D eigenvalue weighted by atomic mass is 16.1. The third-order valence-electron chi connectivity index (χ3n) is 3.06. The van der Waals surface area contributed by atoms with E-state index in [2.05, 4.69) is 15.3 Å². The summed E-state index contributed by atoms with van der Waals surface area (Å²) in [4.78, 5) is 18.9. The molecule has 20 heavy (non-hydrogen) atoms. The van der Waals surface area contributed by atoms with Crippen molar-refractivity contribution in [2.45, 2.75) is 25.7 Å². The maximum atomic E-state index is 11.7. The molecule has 1 aromatic heterocycles. The number of H-pyrrole nitrogens is 1. The molecule has 0 saturated carbocycles. The average Bonchev–Trinajstić information content (AvgIpc) is 2.95. The molecule has 106 valence electrons. The van der Waals surface area contributed by atoms with Crippen molar-refractivity contribution < 1.29 is 4.79 Å². The lowest BCUT2D eigenvalue weighted by Gasteiger charge is -2.05. The van der Waals surface area contributed by atoms with Crippen molar-refractivity contribution in [2.75, 3.05) is 12.3 Å². The molecule has 0 aliphatic rings. The summed E-state index contributed by atoms with van der Waals surface area (Å²) in [5.74, 6) is 1.03. The number of aryl methyl sites for hydroxylation is 2. The van der Waals surface area contributed by atoms with Gasteiger partial charge in [-0.1, -0.05) is 12.1 Å². The number of nitrogens with zero attached hydrogens (tertiary/aromatic N) is 1. The first kappa shape index (κ1) is 14.1. The molecule has 0 saturated heterocycles. The quantitative estimate of drug-likeness (QED) is 0.529. The standard InChI is InChI=1S/C15H20N4O/c16-13-4-1-3-12(11-13)6-7-15(20)19-8-2-5-14-17-9-10-18-14/h1,3-4,9-11H,2,5-8,16H2,(H,17,18)(H,19,20). The number of carbonyl (C=O) groups excluding carboxylic acids is 1. The summed E-state index contributed by atoms with van der Waals surface area (Å²) in [6.45, 7) is 0.677. The Balaban J connectivity index is 1.61. The van der Waals surface area contributed by atoms with E-state index in [-0.39, 0.29) is 5.91 Å². The molecular weight excluding hydrogens is 252 g/mol. The molecule has 5 heteroatoms. The topological polar surface area (TPSA) is 83.8 Å². The molecule has 0 aliphatic heterocycles. The fraction of sp³-hybridized carbons (Fsp3) is 0.333. The van der Waals surface area contributed by atoms with E-state index < -0.39 is 0 Å². The highest BCUT2D eigenvalue weighted by Crippen LogP contribution is 2.08. The fourth-order valence-electron chi connectivity index (χ4n) is 2.01. The van der Waals surface area contributed by atoms with Gasteiger partial charge in [0.2, 0.25) is 5.91 Å². The number of anilines is 1. The third kappa shape index (κ3) is 4.76. The Hall–Kier alpha value is -2.30. The van der Waals surface area contributed by atoms with E-state index in [1.165, 1.54) is 0 Å². The highest BCUT2D eigenvalue weighted by molar-refractivity contribution is 5.76. The largest absolute Gasteiger partial charge is 0.399 e. The number of nitrogens with one attached hydrogen (secondary N) is 2. The zero-order valence-corrected chi connectivity index (χ0v) is 11.4. The SMILES string of the molecule is Nc1cccc(CCC(=O)NCCCc2ncc[nH]2)c1. The van der Waals surface area contributed by atoms with Gasteiger partial charge in [0.25, 0.3) is 0 Å². The van der Waals surface area contributed by atoms with Crippen LogP contribution in [0, 0.1) is 0 Å². The van der Waals surface area contributed by atoms with E-state index in [0.717, 1.165) is 36.3 Å². The molecule has 0 bridgehead atoms. The lowest BCUT2D eigenvalue weighted by molar-refractivity contribution is -0.121.